The van der Waals surface area contributed by atoms with Gasteiger partial charge in [-0.2, -0.15) is 0 Å². The third-order valence-corrected chi connectivity index (χ3v) is 5.69. The van der Waals surface area contributed by atoms with Gasteiger partial charge in [-0.05, 0) is 55.9 Å². The summed E-state index contributed by atoms with van der Waals surface area (Å²) in [5.41, 5.74) is 3.68. The molecule has 1 amide bonds. The zero-order chi connectivity index (χ0) is 18.4. The molecule has 6 nitrogen and oxygen atoms in total. The van der Waals surface area contributed by atoms with Crippen LogP contribution in [0.4, 0.5) is 0 Å². The molecular weight excluding hydrogens is 342 g/mol. The smallest absolute Gasteiger partial charge is 0.261 e. The number of nitrogens with zero attached hydrogens (tertiary/aromatic N) is 2. The van der Waals surface area contributed by atoms with Crippen LogP contribution in [-0.2, 0) is 12.8 Å². The number of benzene rings is 1. The number of aromatic amines is 1. The largest absolute Gasteiger partial charge is 0.440 e. The van der Waals surface area contributed by atoms with Gasteiger partial charge in [-0.25, -0.2) is 4.98 Å². The average Bonchev–Trinajstić information content (AvgIpc) is 3.33. The summed E-state index contributed by atoms with van der Waals surface area (Å²) in [7, 11) is 0. The molecule has 1 N–H and O–H groups in total. The molecule has 3 aromatic rings. The molecule has 1 aromatic carbocycles. The Morgan fingerprint density at radius 3 is 3.00 bits per heavy atom. The average molecular weight is 363 g/mol. The summed E-state index contributed by atoms with van der Waals surface area (Å²) in [5, 5.41) is 0. The van der Waals surface area contributed by atoms with E-state index in [2.05, 4.69) is 9.97 Å². The van der Waals surface area contributed by atoms with Gasteiger partial charge >= 0.3 is 0 Å². The lowest BCUT2D eigenvalue weighted by Crippen LogP contribution is -2.41. The second-order valence-corrected chi connectivity index (χ2v) is 7.48. The van der Waals surface area contributed by atoms with Crippen molar-refractivity contribution in [2.45, 2.75) is 38.0 Å². The number of aromatic nitrogens is 2. The van der Waals surface area contributed by atoms with Crippen molar-refractivity contribution in [1.29, 1.82) is 0 Å². The topological polar surface area (TPSA) is 79.2 Å². The van der Waals surface area contributed by atoms with Gasteiger partial charge < -0.3 is 14.3 Å². The molecular formula is C21H21N3O3. The first kappa shape index (κ1) is 16.3. The first-order chi connectivity index (χ1) is 13.2. The van der Waals surface area contributed by atoms with Crippen molar-refractivity contribution in [2.75, 3.05) is 13.1 Å². The Morgan fingerprint density at radius 2 is 2.11 bits per heavy atom. The van der Waals surface area contributed by atoms with Gasteiger partial charge in [0.1, 0.15) is 11.1 Å². The van der Waals surface area contributed by atoms with Crippen LogP contribution in [0.15, 0.2) is 39.5 Å². The number of carbonyl (C=O) groups is 1. The SMILES string of the molecule is O=C(c1cc2c([nH]c1=O)CCC2)N1CCC[C@H](c2nc3ccccc3o2)C1. The fourth-order valence-corrected chi connectivity index (χ4v) is 4.27. The first-order valence-electron chi connectivity index (χ1n) is 9.59. The summed E-state index contributed by atoms with van der Waals surface area (Å²) in [6.07, 6.45) is 4.65. The fraction of sp³-hybridized carbons (Fsp3) is 0.381. The zero-order valence-electron chi connectivity index (χ0n) is 15.0. The van der Waals surface area contributed by atoms with Crippen LogP contribution in [0.2, 0.25) is 0 Å². The number of hydrogen-bond donors (Lipinski definition) is 1. The van der Waals surface area contributed by atoms with Crippen molar-refractivity contribution < 1.29 is 9.21 Å². The minimum Gasteiger partial charge on any atom is -0.440 e. The van der Waals surface area contributed by atoms with E-state index in [-0.39, 0.29) is 22.9 Å². The summed E-state index contributed by atoms with van der Waals surface area (Å²) >= 11 is 0. The minimum absolute atomic E-state index is 0.0589. The maximum absolute atomic E-state index is 13.0. The van der Waals surface area contributed by atoms with Gasteiger partial charge in [0, 0.05) is 18.8 Å². The number of fused-ring (bicyclic) bond motifs is 2. The maximum Gasteiger partial charge on any atom is 0.261 e. The number of oxazole rings is 1. The molecule has 27 heavy (non-hydrogen) atoms. The molecule has 1 atom stereocenters. The lowest BCUT2D eigenvalue weighted by molar-refractivity contribution is 0.0697. The van der Waals surface area contributed by atoms with Crippen LogP contribution < -0.4 is 5.56 Å². The van der Waals surface area contributed by atoms with Crippen LogP contribution in [-0.4, -0.2) is 33.9 Å². The standard InChI is InChI=1S/C21H21N3O3/c25-19-15(11-13-5-3-8-16(13)22-19)21(26)24-10-4-6-14(12-24)20-23-17-7-1-2-9-18(17)27-20/h1-2,7,9,11,14H,3-6,8,10,12H2,(H,22,25)/t14-/m0/s1. The molecule has 3 heterocycles. The molecule has 1 fully saturated rings. The molecule has 0 saturated carbocycles. The zero-order valence-corrected chi connectivity index (χ0v) is 15.0. The number of amides is 1. The van der Waals surface area contributed by atoms with Crippen LogP contribution in [0.25, 0.3) is 11.1 Å². The van der Waals surface area contributed by atoms with E-state index in [9.17, 15) is 9.59 Å². The third-order valence-electron chi connectivity index (χ3n) is 5.69. The number of carbonyl (C=O) groups excluding carboxylic acids is 1. The lowest BCUT2D eigenvalue weighted by atomic mass is 9.97. The fourth-order valence-electron chi connectivity index (χ4n) is 4.27. The molecule has 138 valence electrons. The van der Waals surface area contributed by atoms with Crippen molar-refractivity contribution in [2.24, 2.45) is 0 Å². The summed E-state index contributed by atoms with van der Waals surface area (Å²) in [5.74, 6) is 0.548. The Morgan fingerprint density at radius 1 is 1.22 bits per heavy atom. The van der Waals surface area contributed by atoms with E-state index in [4.69, 9.17) is 4.42 Å². The van der Waals surface area contributed by atoms with Crippen LogP contribution in [0.1, 0.15) is 52.7 Å². The number of nitrogens with one attached hydrogen (secondary N) is 1. The van der Waals surface area contributed by atoms with Crippen molar-refractivity contribution in [3.05, 3.63) is 63.4 Å². The summed E-state index contributed by atoms with van der Waals surface area (Å²) in [6.45, 7) is 1.19. The predicted molar refractivity (Wildman–Crippen MR) is 101 cm³/mol. The molecule has 2 aromatic heterocycles. The van der Waals surface area contributed by atoms with Gasteiger partial charge in [0.15, 0.2) is 11.5 Å². The highest BCUT2D eigenvalue weighted by Crippen LogP contribution is 2.29. The summed E-state index contributed by atoms with van der Waals surface area (Å²) < 4.78 is 5.91. The van der Waals surface area contributed by atoms with Crippen LogP contribution in [0.3, 0.4) is 0 Å². The Kier molecular flexibility index (Phi) is 3.85. The maximum atomic E-state index is 13.0. The molecule has 2 aliphatic rings. The van der Waals surface area contributed by atoms with E-state index in [0.29, 0.717) is 19.0 Å². The van der Waals surface area contributed by atoms with Gasteiger partial charge in [0.05, 0.1) is 5.92 Å². The number of H-pyrrole nitrogens is 1. The van der Waals surface area contributed by atoms with E-state index >= 15 is 0 Å². The number of piperidine rings is 1. The molecule has 0 unspecified atom stereocenters. The molecule has 0 spiro atoms. The molecule has 1 aliphatic carbocycles. The quantitative estimate of drug-likeness (QED) is 0.759. The van der Waals surface area contributed by atoms with Crippen LogP contribution >= 0.6 is 0 Å². The molecule has 6 heteroatoms. The van der Waals surface area contributed by atoms with Crippen LogP contribution in [0.5, 0.6) is 0 Å². The summed E-state index contributed by atoms with van der Waals surface area (Å²) in [4.78, 5) is 34.7. The van der Waals surface area contributed by atoms with E-state index in [1.165, 1.54) is 0 Å². The van der Waals surface area contributed by atoms with Gasteiger partial charge in [0.2, 0.25) is 0 Å². The van der Waals surface area contributed by atoms with Gasteiger partial charge in [-0.1, -0.05) is 12.1 Å². The highest BCUT2D eigenvalue weighted by Gasteiger charge is 2.30. The molecule has 0 radical (unpaired) electrons. The van der Waals surface area contributed by atoms with Crippen molar-refractivity contribution in [3.63, 3.8) is 0 Å². The Hall–Kier alpha value is -2.89. The Balaban J connectivity index is 1.41. The normalized spacial score (nSPS) is 19.4. The monoisotopic (exact) mass is 363 g/mol. The highest BCUT2D eigenvalue weighted by atomic mass is 16.3. The van der Waals surface area contributed by atoms with E-state index < -0.39 is 0 Å². The summed E-state index contributed by atoms with van der Waals surface area (Å²) in [6, 6.07) is 9.49. The Bertz CT molecular complexity index is 1050. The van der Waals surface area contributed by atoms with E-state index in [1.807, 2.05) is 24.3 Å². The molecule has 1 saturated heterocycles. The second kappa shape index (κ2) is 6.37. The van der Waals surface area contributed by atoms with Gasteiger partial charge in [-0.15, -0.1) is 0 Å². The number of hydrogen-bond acceptors (Lipinski definition) is 4. The molecule has 5 rings (SSSR count). The Labute approximate surface area is 156 Å². The molecule has 1 aliphatic heterocycles. The third kappa shape index (κ3) is 2.85. The number of para-hydroxylation sites is 2. The van der Waals surface area contributed by atoms with Crippen molar-refractivity contribution >= 4 is 17.0 Å². The first-order valence-corrected chi connectivity index (χ1v) is 9.59. The van der Waals surface area contributed by atoms with Crippen molar-refractivity contribution in [3.8, 4) is 0 Å². The van der Waals surface area contributed by atoms with Gasteiger partial charge in [-0.3, -0.25) is 9.59 Å². The molecule has 0 bridgehead atoms. The number of rotatable bonds is 2. The lowest BCUT2D eigenvalue weighted by Gasteiger charge is -2.31. The minimum atomic E-state index is -0.273. The van der Waals surface area contributed by atoms with Crippen LogP contribution in [0, 0.1) is 0 Å². The van der Waals surface area contributed by atoms with Gasteiger partial charge in [0.25, 0.3) is 11.5 Å². The number of aryl methyl sites for hydroxylation is 2. The van der Waals surface area contributed by atoms with E-state index in [0.717, 1.165) is 54.5 Å². The second-order valence-electron chi connectivity index (χ2n) is 7.48. The number of likely N-dealkylation sites (tertiary alicyclic amines) is 1. The van der Waals surface area contributed by atoms with E-state index in [1.54, 1.807) is 11.0 Å². The predicted octanol–water partition coefficient (Wildman–Crippen LogP) is 3.02. The highest BCUT2D eigenvalue weighted by molar-refractivity contribution is 5.94. The number of pyridine rings is 1. The van der Waals surface area contributed by atoms with Crippen molar-refractivity contribution in [1.82, 2.24) is 14.9 Å².